The molecule has 0 radical (unpaired) electrons. The van der Waals surface area contributed by atoms with E-state index in [1.165, 1.54) is 19.3 Å². The van der Waals surface area contributed by atoms with Crippen LogP contribution in [-0.2, 0) is 6.54 Å². The number of rotatable bonds is 5. The molecule has 1 aromatic heterocycles. The summed E-state index contributed by atoms with van der Waals surface area (Å²) >= 11 is 0. The van der Waals surface area contributed by atoms with Crippen molar-refractivity contribution in [3.63, 3.8) is 0 Å². The number of carbonyl (C=O) groups is 1. The molecule has 1 amide bonds. The second kappa shape index (κ2) is 5.70. The summed E-state index contributed by atoms with van der Waals surface area (Å²) in [5.41, 5.74) is 7.11. The van der Waals surface area contributed by atoms with Crippen LogP contribution in [-0.4, -0.2) is 17.4 Å². The van der Waals surface area contributed by atoms with Gasteiger partial charge in [0.1, 0.15) is 5.69 Å². The van der Waals surface area contributed by atoms with E-state index in [9.17, 15) is 4.79 Å². The summed E-state index contributed by atoms with van der Waals surface area (Å²) in [6, 6.07) is 3.58. The first-order valence-electron chi connectivity index (χ1n) is 6.96. The Morgan fingerprint density at radius 2 is 2.26 bits per heavy atom. The topological polar surface area (TPSA) is 68.0 Å². The Hall–Kier alpha value is -1.42. The Morgan fingerprint density at radius 1 is 1.53 bits per heavy atom. The van der Waals surface area contributed by atoms with Gasteiger partial charge in [-0.05, 0) is 41.9 Å². The van der Waals surface area contributed by atoms with E-state index in [4.69, 9.17) is 5.73 Å². The highest BCUT2D eigenvalue weighted by molar-refractivity contribution is 5.92. The summed E-state index contributed by atoms with van der Waals surface area (Å²) in [4.78, 5) is 16.2. The monoisotopic (exact) mass is 261 g/mol. The van der Waals surface area contributed by atoms with Crippen molar-refractivity contribution in [1.82, 2.24) is 10.3 Å². The zero-order valence-corrected chi connectivity index (χ0v) is 11.8. The van der Waals surface area contributed by atoms with Crippen molar-refractivity contribution in [3.05, 3.63) is 29.6 Å². The van der Waals surface area contributed by atoms with Crippen molar-refractivity contribution in [3.8, 4) is 0 Å². The van der Waals surface area contributed by atoms with Crippen LogP contribution in [0.4, 0.5) is 0 Å². The lowest BCUT2D eigenvalue weighted by Gasteiger charge is -2.40. The molecule has 19 heavy (non-hydrogen) atoms. The van der Waals surface area contributed by atoms with Gasteiger partial charge in [-0.25, -0.2) is 0 Å². The number of hydrogen-bond donors (Lipinski definition) is 2. The number of carbonyl (C=O) groups excluding carboxylic acids is 1. The molecule has 1 heterocycles. The average molecular weight is 261 g/mol. The molecule has 0 aromatic carbocycles. The molecule has 0 unspecified atom stereocenters. The van der Waals surface area contributed by atoms with Crippen LogP contribution in [0.1, 0.15) is 49.2 Å². The first kappa shape index (κ1) is 14.0. The fraction of sp³-hybridized carbons (Fsp3) is 0.600. The minimum Gasteiger partial charge on any atom is -0.350 e. The van der Waals surface area contributed by atoms with Crippen molar-refractivity contribution in [2.24, 2.45) is 17.1 Å². The number of pyridine rings is 1. The minimum atomic E-state index is -0.109. The van der Waals surface area contributed by atoms with Crippen LogP contribution in [0.5, 0.6) is 0 Å². The fourth-order valence-electron chi connectivity index (χ4n) is 2.46. The third kappa shape index (κ3) is 3.32. The molecule has 1 aliphatic carbocycles. The molecule has 1 aromatic rings. The number of nitrogens with zero attached hydrogens (tertiary/aromatic N) is 1. The van der Waals surface area contributed by atoms with E-state index in [2.05, 4.69) is 24.1 Å². The lowest BCUT2D eigenvalue weighted by Crippen LogP contribution is -2.41. The molecule has 0 bridgehead atoms. The largest absolute Gasteiger partial charge is 0.350 e. The van der Waals surface area contributed by atoms with E-state index >= 15 is 0 Å². The molecule has 1 aliphatic rings. The summed E-state index contributed by atoms with van der Waals surface area (Å²) in [6.07, 6.45) is 5.52. The summed E-state index contributed by atoms with van der Waals surface area (Å²) in [5, 5.41) is 3.00. The van der Waals surface area contributed by atoms with Crippen molar-refractivity contribution in [2.75, 3.05) is 6.54 Å². The van der Waals surface area contributed by atoms with Gasteiger partial charge in [0, 0.05) is 19.3 Å². The van der Waals surface area contributed by atoms with Crippen molar-refractivity contribution >= 4 is 5.91 Å². The predicted octanol–water partition coefficient (Wildman–Crippen LogP) is 2.10. The molecule has 104 valence electrons. The smallest absolute Gasteiger partial charge is 0.269 e. The van der Waals surface area contributed by atoms with Crippen molar-refractivity contribution < 1.29 is 4.79 Å². The van der Waals surface area contributed by atoms with Gasteiger partial charge in [-0.3, -0.25) is 9.78 Å². The van der Waals surface area contributed by atoms with E-state index in [0.717, 1.165) is 11.5 Å². The highest BCUT2D eigenvalue weighted by Crippen LogP contribution is 2.41. The minimum absolute atomic E-state index is 0.109. The Morgan fingerprint density at radius 3 is 2.84 bits per heavy atom. The highest BCUT2D eigenvalue weighted by Gasteiger charge is 2.34. The van der Waals surface area contributed by atoms with Crippen LogP contribution in [0.25, 0.3) is 0 Å². The van der Waals surface area contributed by atoms with Gasteiger partial charge in [-0.2, -0.15) is 0 Å². The van der Waals surface area contributed by atoms with Crippen molar-refractivity contribution in [2.45, 2.75) is 39.7 Å². The van der Waals surface area contributed by atoms with Gasteiger partial charge in [-0.1, -0.05) is 20.3 Å². The molecule has 0 saturated heterocycles. The normalized spacial score (nSPS) is 15.9. The Balaban J connectivity index is 1.93. The van der Waals surface area contributed by atoms with E-state index < -0.39 is 0 Å². The Kier molecular flexibility index (Phi) is 4.20. The Labute approximate surface area is 114 Å². The number of aromatic nitrogens is 1. The molecule has 0 atom stereocenters. The second-order valence-corrected chi connectivity index (χ2v) is 6.05. The summed E-state index contributed by atoms with van der Waals surface area (Å²) in [5.74, 6) is 0.624. The van der Waals surface area contributed by atoms with Gasteiger partial charge >= 0.3 is 0 Å². The molecule has 0 aliphatic heterocycles. The number of nitrogens with one attached hydrogen (secondary N) is 1. The summed E-state index contributed by atoms with van der Waals surface area (Å²) in [6.45, 7) is 5.57. The van der Waals surface area contributed by atoms with Crippen molar-refractivity contribution in [1.29, 1.82) is 0 Å². The van der Waals surface area contributed by atoms with Gasteiger partial charge in [0.2, 0.25) is 0 Å². The first-order valence-corrected chi connectivity index (χ1v) is 6.96. The van der Waals surface area contributed by atoms with Crippen LogP contribution in [0.2, 0.25) is 0 Å². The third-order valence-electron chi connectivity index (χ3n) is 4.21. The maximum Gasteiger partial charge on any atom is 0.269 e. The van der Waals surface area contributed by atoms with Gasteiger partial charge in [0.25, 0.3) is 5.91 Å². The van der Waals surface area contributed by atoms with Gasteiger partial charge in [-0.15, -0.1) is 0 Å². The first-order chi connectivity index (χ1) is 9.03. The SMILES string of the molecule is CC(C)(CNC(=O)c1cc(CN)ccn1)C1CCC1. The van der Waals surface area contributed by atoms with Crippen LogP contribution in [0.3, 0.4) is 0 Å². The third-order valence-corrected chi connectivity index (χ3v) is 4.21. The maximum absolute atomic E-state index is 12.1. The lowest BCUT2D eigenvalue weighted by molar-refractivity contribution is 0.0854. The lowest BCUT2D eigenvalue weighted by atomic mass is 9.67. The zero-order chi connectivity index (χ0) is 13.9. The molecule has 0 spiro atoms. The Bertz CT molecular complexity index is 452. The molecule has 2 rings (SSSR count). The van der Waals surface area contributed by atoms with E-state index in [0.29, 0.717) is 18.8 Å². The molecule has 1 saturated carbocycles. The fourth-order valence-corrected chi connectivity index (χ4v) is 2.46. The molecular weight excluding hydrogens is 238 g/mol. The van der Waals surface area contributed by atoms with E-state index in [1.807, 2.05) is 6.07 Å². The second-order valence-electron chi connectivity index (χ2n) is 6.05. The quantitative estimate of drug-likeness (QED) is 0.853. The number of amides is 1. The molecule has 4 nitrogen and oxygen atoms in total. The van der Waals surface area contributed by atoms with Crippen LogP contribution in [0.15, 0.2) is 18.3 Å². The summed E-state index contributed by atoms with van der Waals surface area (Å²) in [7, 11) is 0. The number of hydrogen-bond acceptors (Lipinski definition) is 3. The maximum atomic E-state index is 12.1. The molecule has 4 heteroatoms. The van der Waals surface area contributed by atoms with Crippen LogP contribution >= 0.6 is 0 Å². The predicted molar refractivity (Wildman–Crippen MR) is 75.6 cm³/mol. The standard InChI is InChI=1S/C15H23N3O/c1-15(2,12-4-3-5-12)10-18-14(19)13-8-11(9-16)6-7-17-13/h6-8,12H,3-5,9-10,16H2,1-2H3,(H,18,19). The van der Waals surface area contributed by atoms with Gasteiger partial charge in [0.15, 0.2) is 0 Å². The highest BCUT2D eigenvalue weighted by atomic mass is 16.1. The number of nitrogens with two attached hydrogens (primary N) is 1. The molecular formula is C15H23N3O. The van der Waals surface area contributed by atoms with Gasteiger partial charge < -0.3 is 11.1 Å². The average Bonchev–Trinajstić information content (AvgIpc) is 2.33. The zero-order valence-electron chi connectivity index (χ0n) is 11.8. The van der Waals surface area contributed by atoms with Crippen LogP contribution < -0.4 is 11.1 Å². The van der Waals surface area contributed by atoms with E-state index in [1.54, 1.807) is 12.3 Å². The van der Waals surface area contributed by atoms with Gasteiger partial charge in [0.05, 0.1) is 0 Å². The van der Waals surface area contributed by atoms with E-state index in [-0.39, 0.29) is 11.3 Å². The van der Waals surface area contributed by atoms with Crippen LogP contribution in [0, 0.1) is 11.3 Å². The molecule has 3 N–H and O–H groups in total. The summed E-state index contributed by atoms with van der Waals surface area (Å²) < 4.78 is 0. The molecule has 1 fully saturated rings.